The quantitative estimate of drug-likeness (QED) is 0.857. The van der Waals surface area contributed by atoms with Gasteiger partial charge in [-0.2, -0.15) is 0 Å². The van der Waals surface area contributed by atoms with Crippen LogP contribution in [0.2, 0.25) is 0 Å². The van der Waals surface area contributed by atoms with Crippen LogP contribution < -0.4 is 5.73 Å². The molecule has 3 unspecified atom stereocenters. The second-order valence-electron chi connectivity index (χ2n) is 6.37. The van der Waals surface area contributed by atoms with Gasteiger partial charge in [-0.1, -0.05) is 51.5 Å². The highest BCUT2D eigenvalue weighted by Crippen LogP contribution is 2.37. The summed E-state index contributed by atoms with van der Waals surface area (Å²) in [6.07, 6.45) is 5.94. The summed E-state index contributed by atoms with van der Waals surface area (Å²) in [7, 11) is 0. The van der Waals surface area contributed by atoms with Crippen molar-refractivity contribution in [1.29, 1.82) is 0 Å². The van der Waals surface area contributed by atoms with Gasteiger partial charge in [-0.05, 0) is 48.6 Å². The van der Waals surface area contributed by atoms with Crippen molar-refractivity contribution in [3.63, 3.8) is 0 Å². The van der Waals surface area contributed by atoms with Crippen LogP contribution in [0.3, 0.4) is 0 Å². The van der Waals surface area contributed by atoms with Gasteiger partial charge in [0.15, 0.2) is 0 Å². The molecule has 0 radical (unpaired) electrons. The molecule has 1 fully saturated rings. The van der Waals surface area contributed by atoms with Crippen molar-refractivity contribution in [2.75, 3.05) is 0 Å². The predicted molar refractivity (Wildman–Crippen MR) is 78.6 cm³/mol. The summed E-state index contributed by atoms with van der Waals surface area (Å²) in [5, 5.41) is 0. The Labute approximate surface area is 112 Å². The molecule has 0 bridgehead atoms. The molecule has 0 heterocycles. The molecule has 100 valence electrons. The average Bonchev–Trinajstić information content (AvgIpc) is 2.35. The molecular formula is C17H27N. The van der Waals surface area contributed by atoms with E-state index in [9.17, 15) is 0 Å². The maximum atomic E-state index is 6.70. The molecule has 1 aliphatic rings. The monoisotopic (exact) mass is 245 g/mol. The van der Waals surface area contributed by atoms with Crippen molar-refractivity contribution >= 4 is 0 Å². The van der Waals surface area contributed by atoms with Gasteiger partial charge in [0.1, 0.15) is 0 Å². The number of aryl methyl sites for hydroxylation is 1. The Hall–Kier alpha value is -0.820. The van der Waals surface area contributed by atoms with Crippen LogP contribution in [0, 0.1) is 11.8 Å². The molecule has 0 spiro atoms. The third kappa shape index (κ3) is 2.95. The molecule has 1 nitrogen and oxygen atoms in total. The summed E-state index contributed by atoms with van der Waals surface area (Å²) in [4.78, 5) is 0. The number of benzene rings is 1. The standard InChI is InChI=1S/C17H27N/c1-4-15-7-9-16(10-8-15)12-17(18)11-13(2)5-6-14(17)3/h7-10,13-14H,4-6,11-12,18H2,1-3H3. The second kappa shape index (κ2) is 5.44. The van der Waals surface area contributed by atoms with Crippen molar-refractivity contribution in [3.05, 3.63) is 35.4 Å². The zero-order valence-electron chi connectivity index (χ0n) is 12.1. The van der Waals surface area contributed by atoms with E-state index in [1.165, 1.54) is 30.4 Å². The van der Waals surface area contributed by atoms with Crippen molar-refractivity contribution in [2.45, 2.75) is 58.4 Å². The first-order valence-corrected chi connectivity index (χ1v) is 7.40. The highest BCUT2D eigenvalue weighted by Gasteiger charge is 2.36. The fourth-order valence-corrected chi connectivity index (χ4v) is 3.29. The van der Waals surface area contributed by atoms with Crippen LogP contribution in [0.1, 0.15) is 51.2 Å². The lowest BCUT2D eigenvalue weighted by molar-refractivity contribution is 0.161. The summed E-state index contributed by atoms with van der Waals surface area (Å²) in [6.45, 7) is 6.87. The molecule has 18 heavy (non-hydrogen) atoms. The van der Waals surface area contributed by atoms with E-state index in [0.29, 0.717) is 5.92 Å². The normalized spacial score (nSPS) is 32.4. The molecule has 2 rings (SSSR count). The van der Waals surface area contributed by atoms with Gasteiger partial charge in [0.05, 0.1) is 0 Å². The topological polar surface area (TPSA) is 26.0 Å². The van der Waals surface area contributed by atoms with Crippen molar-refractivity contribution in [1.82, 2.24) is 0 Å². The van der Waals surface area contributed by atoms with E-state index in [0.717, 1.165) is 18.8 Å². The fraction of sp³-hybridized carbons (Fsp3) is 0.647. The highest BCUT2D eigenvalue weighted by molar-refractivity contribution is 5.24. The van der Waals surface area contributed by atoms with Gasteiger partial charge >= 0.3 is 0 Å². The van der Waals surface area contributed by atoms with Crippen LogP contribution in [-0.2, 0) is 12.8 Å². The van der Waals surface area contributed by atoms with E-state index >= 15 is 0 Å². The van der Waals surface area contributed by atoms with Crippen molar-refractivity contribution in [2.24, 2.45) is 17.6 Å². The SMILES string of the molecule is CCc1ccc(CC2(N)CC(C)CCC2C)cc1. The van der Waals surface area contributed by atoms with Gasteiger partial charge < -0.3 is 5.73 Å². The molecule has 0 aliphatic heterocycles. The Bertz CT molecular complexity index is 381. The minimum absolute atomic E-state index is 0.00536. The third-order valence-electron chi connectivity index (χ3n) is 4.77. The van der Waals surface area contributed by atoms with E-state index in [2.05, 4.69) is 45.0 Å². The minimum Gasteiger partial charge on any atom is -0.325 e. The van der Waals surface area contributed by atoms with E-state index in [-0.39, 0.29) is 5.54 Å². The smallest absolute Gasteiger partial charge is 0.0223 e. The van der Waals surface area contributed by atoms with Gasteiger partial charge in [-0.3, -0.25) is 0 Å². The van der Waals surface area contributed by atoms with Gasteiger partial charge in [0.2, 0.25) is 0 Å². The largest absolute Gasteiger partial charge is 0.325 e. The molecule has 2 N–H and O–H groups in total. The number of hydrogen-bond acceptors (Lipinski definition) is 1. The van der Waals surface area contributed by atoms with E-state index in [1.54, 1.807) is 0 Å². The van der Waals surface area contributed by atoms with Crippen LogP contribution in [0.25, 0.3) is 0 Å². The summed E-state index contributed by atoms with van der Waals surface area (Å²) >= 11 is 0. The lowest BCUT2D eigenvalue weighted by Crippen LogP contribution is -2.51. The van der Waals surface area contributed by atoms with Crippen LogP contribution in [0.5, 0.6) is 0 Å². The molecule has 1 heteroatoms. The number of rotatable bonds is 3. The first-order chi connectivity index (χ1) is 8.53. The first-order valence-electron chi connectivity index (χ1n) is 7.40. The van der Waals surface area contributed by atoms with Crippen LogP contribution in [0.15, 0.2) is 24.3 Å². The van der Waals surface area contributed by atoms with Crippen molar-refractivity contribution in [3.8, 4) is 0 Å². The van der Waals surface area contributed by atoms with E-state index in [1.807, 2.05) is 0 Å². The molecule has 0 aromatic heterocycles. The van der Waals surface area contributed by atoms with Crippen LogP contribution in [-0.4, -0.2) is 5.54 Å². The third-order valence-corrected chi connectivity index (χ3v) is 4.77. The second-order valence-corrected chi connectivity index (χ2v) is 6.37. The maximum absolute atomic E-state index is 6.70. The summed E-state index contributed by atoms with van der Waals surface area (Å²) in [5.74, 6) is 1.42. The van der Waals surface area contributed by atoms with Gasteiger partial charge in [-0.25, -0.2) is 0 Å². The Morgan fingerprint density at radius 3 is 2.33 bits per heavy atom. The van der Waals surface area contributed by atoms with Gasteiger partial charge in [0, 0.05) is 5.54 Å². The number of hydrogen-bond donors (Lipinski definition) is 1. The fourth-order valence-electron chi connectivity index (χ4n) is 3.29. The Morgan fingerprint density at radius 2 is 1.72 bits per heavy atom. The van der Waals surface area contributed by atoms with E-state index < -0.39 is 0 Å². The summed E-state index contributed by atoms with van der Waals surface area (Å²) < 4.78 is 0. The predicted octanol–water partition coefficient (Wildman–Crippen LogP) is 3.95. The van der Waals surface area contributed by atoms with Gasteiger partial charge in [0.25, 0.3) is 0 Å². The Kier molecular flexibility index (Phi) is 4.11. The van der Waals surface area contributed by atoms with Gasteiger partial charge in [-0.15, -0.1) is 0 Å². The highest BCUT2D eigenvalue weighted by atomic mass is 14.8. The number of nitrogens with two attached hydrogens (primary N) is 1. The molecule has 0 amide bonds. The van der Waals surface area contributed by atoms with Crippen molar-refractivity contribution < 1.29 is 0 Å². The summed E-state index contributed by atoms with van der Waals surface area (Å²) in [5.41, 5.74) is 9.51. The van der Waals surface area contributed by atoms with Crippen LogP contribution in [0.4, 0.5) is 0 Å². The molecule has 1 aromatic carbocycles. The molecular weight excluding hydrogens is 218 g/mol. The van der Waals surface area contributed by atoms with Crippen LogP contribution >= 0.6 is 0 Å². The average molecular weight is 245 g/mol. The molecule has 0 saturated heterocycles. The molecule has 1 saturated carbocycles. The lowest BCUT2D eigenvalue weighted by atomic mass is 9.68. The summed E-state index contributed by atoms with van der Waals surface area (Å²) in [6, 6.07) is 9.02. The first kappa shape index (κ1) is 13.6. The Morgan fingerprint density at radius 1 is 1.11 bits per heavy atom. The minimum atomic E-state index is 0.00536. The molecule has 1 aromatic rings. The molecule has 3 atom stereocenters. The lowest BCUT2D eigenvalue weighted by Gasteiger charge is -2.42. The Balaban J connectivity index is 2.10. The molecule has 1 aliphatic carbocycles. The maximum Gasteiger partial charge on any atom is 0.0223 e. The zero-order valence-corrected chi connectivity index (χ0v) is 12.1. The zero-order chi connectivity index (χ0) is 13.2. The van der Waals surface area contributed by atoms with E-state index in [4.69, 9.17) is 5.73 Å².